The first-order chi connectivity index (χ1) is 9.81. The van der Waals surface area contributed by atoms with Crippen molar-refractivity contribution < 1.29 is 9.32 Å². The van der Waals surface area contributed by atoms with E-state index in [4.69, 9.17) is 4.52 Å². The second kappa shape index (κ2) is 5.52. The van der Waals surface area contributed by atoms with E-state index in [9.17, 15) is 4.79 Å². The summed E-state index contributed by atoms with van der Waals surface area (Å²) in [5.41, 5.74) is 2.01. The van der Waals surface area contributed by atoms with Gasteiger partial charge in [0.25, 0.3) is 5.91 Å². The molecule has 0 saturated carbocycles. The number of nitrogens with zero attached hydrogens (tertiary/aromatic N) is 2. The molecule has 0 unspecified atom stereocenters. The molecule has 0 atom stereocenters. The Balaban J connectivity index is 2.18. The Morgan fingerprint density at radius 2 is 2.05 bits per heavy atom. The molecule has 1 aromatic carbocycles. The van der Waals surface area contributed by atoms with E-state index in [1.165, 1.54) is 0 Å². The summed E-state index contributed by atoms with van der Waals surface area (Å²) in [5.74, 6) is 0.863. The molecule has 2 aromatic rings. The highest BCUT2D eigenvalue weighted by atomic mass is 16.5. The van der Waals surface area contributed by atoms with Crippen LogP contribution < -0.4 is 5.32 Å². The van der Waals surface area contributed by atoms with Crippen LogP contribution in [0, 0.1) is 6.92 Å². The van der Waals surface area contributed by atoms with Crippen molar-refractivity contribution >= 4 is 24.1 Å². The summed E-state index contributed by atoms with van der Waals surface area (Å²) >= 11 is 0. The summed E-state index contributed by atoms with van der Waals surface area (Å²) in [6, 6.07) is 7.01. The van der Waals surface area contributed by atoms with E-state index in [-0.39, 0.29) is 11.3 Å². The summed E-state index contributed by atoms with van der Waals surface area (Å²) in [6.45, 7) is 11.5. The summed E-state index contributed by atoms with van der Waals surface area (Å²) < 4.78 is 5.24. The van der Waals surface area contributed by atoms with Gasteiger partial charge in [-0.1, -0.05) is 32.0 Å². The lowest BCUT2D eigenvalue weighted by molar-refractivity contribution is 0.102. The highest BCUT2D eigenvalue weighted by molar-refractivity contribution is 6.04. The third kappa shape index (κ3) is 3.37. The van der Waals surface area contributed by atoms with Crippen LogP contribution in [0.2, 0.25) is 0 Å². The van der Waals surface area contributed by atoms with Gasteiger partial charge in [-0.05, 0) is 31.3 Å². The van der Waals surface area contributed by atoms with Gasteiger partial charge in [-0.25, -0.2) is 0 Å². The third-order valence-electron chi connectivity index (χ3n) is 3.13. The van der Waals surface area contributed by atoms with Gasteiger partial charge in [0.2, 0.25) is 0 Å². The van der Waals surface area contributed by atoms with Crippen molar-refractivity contribution in [3.63, 3.8) is 0 Å². The minimum absolute atomic E-state index is 0.153. The number of benzene rings is 1. The van der Waals surface area contributed by atoms with E-state index in [1.807, 2.05) is 33.8 Å². The molecule has 1 amide bonds. The second-order valence-electron chi connectivity index (χ2n) is 5.94. The van der Waals surface area contributed by atoms with Crippen molar-refractivity contribution in [2.45, 2.75) is 33.1 Å². The largest absolute Gasteiger partial charge is 0.359 e. The average Bonchev–Trinajstić information content (AvgIpc) is 2.87. The number of aromatic nitrogens is 1. The summed E-state index contributed by atoms with van der Waals surface area (Å²) in [5, 5.41) is 6.58. The topological polar surface area (TPSA) is 67.5 Å². The molecule has 0 spiro atoms. The average molecular weight is 285 g/mol. The van der Waals surface area contributed by atoms with Crippen molar-refractivity contribution in [2.24, 2.45) is 4.99 Å². The van der Waals surface area contributed by atoms with E-state index >= 15 is 0 Å². The second-order valence-corrected chi connectivity index (χ2v) is 5.94. The first kappa shape index (κ1) is 15.0. The van der Waals surface area contributed by atoms with Gasteiger partial charge in [0.05, 0.1) is 5.69 Å². The first-order valence-electron chi connectivity index (χ1n) is 6.67. The van der Waals surface area contributed by atoms with Crippen LogP contribution in [-0.4, -0.2) is 17.8 Å². The van der Waals surface area contributed by atoms with Crippen LogP contribution in [0.15, 0.2) is 33.8 Å². The van der Waals surface area contributed by atoms with E-state index in [0.29, 0.717) is 17.1 Å². The van der Waals surface area contributed by atoms with E-state index in [1.54, 1.807) is 18.2 Å². The van der Waals surface area contributed by atoms with Gasteiger partial charge in [0.15, 0.2) is 5.82 Å². The Bertz CT molecular complexity index is 681. The predicted octanol–water partition coefficient (Wildman–Crippen LogP) is 3.86. The molecule has 1 heterocycles. The highest BCUT2D eigenvalue weighted by Crippen LogP contribution is 2.25. The predicted molar refractivity (Wildman–Crippen MR) is 83.5 cm³/mol. The van der Waals surface area contributed by atoms with Crippen molar-refractivity contribution in [1.29, 1.82) is 0 Å². The Morgan fingerprint density at radius 3 is 2.62 bits per heavy atom. The molecule has 0 bridgehead atoms. The maximum absolute atomic E-state index is 12.2. The molecule has 110 valence electrons. The molecule has 2 rings (SSSR count). The van der Waals surface area contributed by atoms with Gasteiger partial charge in [-0.15, -0.1) is 0 Å². The fourth-order valence-electron chi connectivity index (χ4n) is 1.80. The van der Waals surface area contributed by atoms with Crippen LogP contribution in [0.5, 0.6) is 0 Å². The Morgan fingerprint density at radius 1 is 1.33 bits per heavy atom. The number of rotatable bonds is 3. The standard InChI is InChI=1S/C16H19N3O2/c1-10-6-7-11(8-12(10)17-5)15(20)18-14-9-13(21-19-14)16(2,3)4/h6-9H,5H2,1-4H3,(H,18,19,20). The summed E-state index contributed by atoms with van der Waals surface area (Å²) in [6.07, 6.45) is 0. The highest BCUT2D eigenvalue weighted by Gasteiger charge is 2.20. The molecule has 5 heteroatoms. The van der Waals surface area contributed by atoms with Crippen LogP contribution in [0.4, 0.5) is 11.5 Å². The van der Waals surface area contributed by atoms with Crippen molar-refractivity contribution in [1.82, 2.24) is 5.16 Å². The van der Waals surface area contributed by atoms with E-state index in [0.717, 1.165) is 11.3 Å². The van der Waals surface area contributed by atoms with Crippen molar-refractivity contribution in [2.75, 3.05) is 5.32 Å². The fourth-order valence-corrected chi connectivity index (χ4v) is 1.80. The quantitative estimate of drug-likeness (QED) is 0.870. The Labute approximate surface area is 124 Å². The molecule has 0 aliphatic heterocycles. The third-order valence-corrected chi connectivity index (χ3v) is 3.13. The Kier molecular flexibility index (Phi) is 3.93. The molecule has 0 aliphatic rings. The van der Waals surface area contributed by atoms with Gasteiger partial charge in [0, 0.05) is 17.0 Å². The number of anilines is 1. The molecule has 5 nitrogen and oxygen atoms in total. The zero-order chi connectivity index (χ0) is 15.6. The number of nitrogens with one attached hydrogen (secondary N) is 1. The maximum Gasteiger partial charge on any atom is 0.256 e. The lowest BCUT2D eigenvalue weighted by Gasteiger charge is -2.12. The number of aliphatic imine (C=N–C) groups is 1. The van der Waals surface area contributed by atoms with Crippen LogP contribution in [0.3, 0.4) is 0 Å². The van der Waals surface area contributed by atoms with Crippen LogP contribution in [0.25, 0.3) is 0 Å². The maximum atomic E-state index is 12.2. The van der Waals surface area contributed by atoms with E-state index in [2.05, 4.69) is 22.2 Å². The molecule has 0 saturated heterocycles. The minimum atomic E-state index is -0.256. The molecule has 0 radical (unpaired) electrons. The minimum Gasteiger partial charge on any atom is -0.359 e. The molecule has 0 fully saturated rings. The fraction of sp³-hybridized carbons (Fsp3) is 0.312. The van der Waals surface area contributed by atoms with Gasteiger partial charge < -0.3 is 9.84 Å². The number of hydrogen-bond donors (Lipinski definition) is 1. The SMILES string of the molecule is C=Nc1cc(C(=O)Nc2cc(C(C)(C)C)on2)ccc1C. The molecular formula is C16H19N3O2. The van der Waals surface area contributed by atoms with Crippen LogP contribution in [0.1, 0.15) is 42.5 Å². The smallest absolute Gasteiger partial charge is 0.256 e. The molecule has 0 aliphatic carbocycles. The normalized spacial score (nSPS) is 11.2. The van der Waals surface area contributed by atoms with Crippen molar-refractivity contribution in [3.05, 3.63) is 41.2 Å². The van der Waals surface area contributed by atoms with Crippen molar-refractivity contribution in [3.8, 4) is 0 Å². The van der Waals surface area contributed by atoms with E-state index < -0.39 is 0 Å². The number of aryl methyl sites for hydroxylation is 1. The Hall–Kier alpha value is -2.43. The number of hydrogen-bond acceptors (Lipinski definition) is 4. The number of carbonyl (C=O) groups excluding carboxylic acids is 1. The number of carbonyl (C=O) groups is 1. The van der Waals surface area contributed by atoms with Crippen LogP contribution in [-0.2, 0) is 5.41 Å². The van der Waals surface area contributed by atoms with Gasteiger partial charge in [0.1, 0.15) is 5.76 Å². The zero-order valence-corrected chi connectivity index (χ0v) is 12.7. The first-order valence-corrected chi connectivity index (χ1v) is 6.67. The van der Waals surface area contributed by atoms with Gasteiger partial charge in [-0.3, -0.25) is 9.79 Å². The lowest BCUT2D eigenvalue weighted by atomic mass is 9.93. The van der Waals surface area contributed by atoms with Gasteiger partial charge in [-0.2, -0.15) is 0 Å². The monoisotopic (exact) mass is 285 g/mol. The van der Waals surface area contributed by atoms with Crippen LogP contribution >= 0.6 is 0 Å². The lowest BCUT2D eigenvalue weighted by Crippen LogP contribution is -2.12. The number of amides is 1. The summed E-state index contributed by atoms with van der Waals surface area (Å²) in [7, 11) is 0. The molecule has 1 N–H and O–H groups in total. The molecule has 21 heavy (non-hydrogen) atoms. The zero-order valence-electron chi connectivity index (χ0n) is 12.7. The molecular weight excluding hydrogens is 266 g/mol. The van der Waals surface area contributed by atoms with Gasteiger partial charge >= 0.3 is 0 Å². The summed E-state index contributed by atoms with van der Waals surface area (Å²) in [4.78, 5) is 16.1. The molecule has 1 aromatic heterocycles.